The molecule has 26 heavy (non-hydrogen) atoms. The number of hydrogen-bond acceptors (Lipinski definition) is 5. The molecule has 0 radical (unpaired) electrons. The standard InChI is InChI=1S/C18H19N3O4S/c1-13-5-6-14(2)16(10-13)21-8-7-19-18(21)26(23,24)12-17(22)20-11-15-4-3-9-25-15/h3-10H,11-12H2,1-2H3,(H,20,22). The smallest absolute Gasteiger partial charge is 0.236 e. The van der Waals surface area contributed by atoms with Crippen molar-refractivity contribution in [1.82, 2.24) is 14.9 Å². The Hall–Kier alpha value is -2.87. The minimum absolute atomic E-state index is 0.132. The van der Waals surface area contributed by atoms with Crippen molar-refractivity contribution < 1.29 is 17.6 Å². The molecule has 8 heteroatoms. The second-order valence-electron chi connectivity index (χ2n) is 5.98. The number of nitrogens with zero attached hydrogens (tertiary/aromatic N) is 2. The van der Waals surface area contributed by atoms with Crippen LogP contribution in [-0.2, 0) is 21.2 Å². The van der Waals surface area contributed by atoms with Crippen LogP contribution in [0.25, 0.3) is 5.69 Å². The van der Waals surface area contributed by atoms with Crippen molar-refractivity contribution in [1.29, 1.82) is 0 Å². The van der Waals surface area contributed by atoms with Crippen LogP contribution in [0.3, 0.4) is 0 Å². The molecule has 136 valence electrons. The first-order valence-electron chi connectivity index (χ1n) is 7.99. The van der Waals surface area contributed by atoms with E-state index >= 15 is 0 Å². The lowest BCUT2D eigenvalue weighted by atomic mass is 10.1. The second-order valence-corrected chi connectivity index (χ2v) is 7.87. The average Bonchev–Trinajstić information content (AvgIpc) is 3.26. The highest BCUT2D eigenvalue weighted by molar-refractivity contribution is 7.92. The van der Waals surface area contributed by atoms with Gasteiger partial charge < -0.3 is 9.73 Å². The van der Waals surface area contributed by atoms with E-state index in [1.165, 1.54) is 17.0 Å². The van der Waals surface area contributed by atoms with Crippen molar-refractivity contribution in [3.05, 3.63) is 65.9 Å². The molecule has 0 saturated heterocycles. The predicted molar refractivity (Wildman–Crippen MR) is 95.6 cm³/mol. The fourth-order valence-corrected chi connectivity index (χ4v) is 3.83. The monoisotopic (exact) mass is 373 g/mol. The molecule has 3 rings (SSSR count). The molecule has 0 aliphatic carbocycles. The highest BCUT2D eigenvalue weighted by atomic mass is 32.2. The first-order chi connectivity index (χ1) is 12.4. The number of sulfone groups is 1. The van der Waals surface area contributed by atoms with Crippen molar-refractivity contribution >= 4 is 15.7 Å². The molecule has 0 bridgehead atoms. The van der Waals surface area contributed by atoms with Gasteiger partial charge in [-0.3, -0.25) is 9.36 Å². The fraction of sp³-hybridized carbons (Fsp3) is 0.222. The summed E-state index contributed by atoms with van der Waals surface area (Å²) in [5.74, 6) is -0.750. The Kier molecular flexibility index (Phi) is 4.94. The molecule has 1 amide bonds. The number of furan rings is 1. The van der Waals surface area contributed by atoms with E-state index < -0.39 is 21.5 Å². The SMILES string of the molecule is Cc1ccc(C)c(-n2ccnc2S(=O)(=O)CC(=O)NCc2ccco2)c1. The van der Waals surface area contributed by atoms with Gasteiger partial charge in [-0.05, 0) is 43.2 Å². The van der Waals surface area contributed by atoms with E-state index in [0.29, 0.717) is 5.76 Å². The Morgan fingerprint density at radius 1 is 1.27 bits per heavy atom. The van der Waals surface area contributed by atoms with Crippen LogP contribution in [0.5, 0.6) is 0 Å². The Labute approximate surface area is 151 Å². The number of aromatic nitrogens is 2. The van der Waals surface area contributed by atoms with Gasteiger partial charge in [0.15, 0.2) is 0 Å². The van der Waals surface area contributed by atoms with E-state index in [1.54, 1.807) is 18.3 Å². The zero-order valence-electron chi connectivity index (χ0n) is 14.5. The largest absolute Gasteiger partial charge is 0.467 e. The molecule has 2 aromatic heterocycles. The normalized spacial score (nSPS) is 11.5. The van der Waals surface area contributed by atoms with E-state index in [9.17, 15) is 13.2 Å². The molecule has 0 aliphatic heterocycles. The number of benzene rings is 1. The van der Waals surface area contributed by atoms with Gasteiger partial charge in [-0.2, -0.15) is 0 Å². The predicted octanol–water partition coefficient (Wildman–Crippen LogP) is 2.17. The van der Waals surface area contributed by atoms with E-state index in [-0.39, 0.29) is 11.7 Å². The lowest BCUT2D eigenvalue weighted by Gasteiger charge is -2.12. The molecule has 3 aromatic rings. The maximum Gasteiger partial charge on any atom is 0.236 e. The maximum absolute atomic E-state index is 12.7. The molecule has 7 nitrogen and oxygen atoms in total. The van der Waals surface area contributed by atoms with Gasteiger partial charge >= 0.3 is 0 Å². The summed E-state index contributed by atoms with van der Waals surface area (Å²) in [6.45, 7) is 3.95. The summed E-state index contributed by atoms with van der Waals surface area (Å²) in [5.41, 5.74) is 2.63. The number of imidazole rings is 1. The third kappa shape index (κ3) is 3.85. The van der Waals surface area contributed by atoms with E-state index in [1.807, 2.05) is 32.0 Å². The van der Waals surface area contributed by atoms with Crippen molar-refractivity contribution in [3.63, 3.8) is 0 Å². The minimum atomic E-state index is -3.91. The first kappa shape index (κ1) is 17.9. The molecular weight excluding hydrogens is 354 g/mol. The highest BCUT2D eigenvalue weighted by Crippen LogP contribution is 2.20. The van der Waals surface area contributed by atoms with Crippen LogP contribution in [0.4, 0.5) is 0 Å². The van der Waals surface area contributed by atoms with Gasteiger partial charge in [0.25, 0.3) is 0 Å². The van der Waals surface area contributed by atoms with Gasteiger partial charge in [0, 0.05) is 12.4 Å². The molecule has 2 heterocycles. The van der Waals surface area contributed by atoms with Gasteiger partial charge in [-0.25, -0.2) is 13.4 Å². The minimum Gasteiger partial charge on any atom is -0.467 e. The molecular formula is C18H19N3O4S. The van der Waals surface area contributed by atoms with Crippen LogP contribution >= 0.6 is 0 Å². The summed E-state index contributed by atoms with van der Waals surface area (Å²) >= 11 is 0. The summed E-state index contributed by atoms with van der Waals surface area (Å²) in [5, 5.41) is 2.38. The summed E-state index contributed by atoms with van der Waals surface area (Å²) < 4.78 is 32.0. The molecule has 0 saturated carbocycles. The van der Waals surface area contributed by atoms with Crippen molar-refractivity contribution in [3.8, 4) is 5.69 Å². The molecule has 1 aromatic carbocycles. The Morgan fingerprint density at radius 3 is 2.81 bits per heavy atom. The van der Waals surface area contributed by atoms with Gasteiger partial charge in [0.2, 0.25) is 20.9 Å². The Morgan fingerprint density at radius 2 is 2.08 bits per heavy atom. The topological polar surface area (TPSA) is 94.2 Å². The lowest BCUT2D eigenvalue weighted by molar-refractivity contribution is -0.118. The number of carbonyl (C=O) groups is 1. The van der Waals surface area contributed by atoms with Crippen LogP contribution in [0, 0.1) is 13.8 Å². The summed E-state index contributed by atoms with van der Waals surface area (Å²) in [4.78, 5) is 16.0. The van der Waals surface area contributed by atoms with E-state index in [4.69, 9.17) is 4.42 Å². The number of aryl methyl sites for hydroxylation is 2. The third-order valence-electron chi connectivity index (χ3n) is 3.87. The third-order valence-corrected chi connectivity index (χ3v) is 5.37. The zero-order chi connectivity index (χ0) is 18.7. The van der Waals surface area contributed by atoms with Gasteiger partial charge in [0.1, 0.15) is 11.5 Å². The van der Waals surface area contributed by atoms with E-state index in [0.717, 1.165) is 16.8 Å². The molecule has 0 spiro atoms. The number of carbonyl (C=O) groups excluding carboxylic acids is 1. The fourth-order valence-electron chi connectivity index (χ4n) is 2.57. The number of rotatable bonds is 6. The molecule has 0 atom stereocenters. The quantitative estimate of drug-likeness (QED) is 0.715. The van der Waals surface area contributed by atoms with Gasteiger partial charge in [0.05, 0.1) is 18.5 Å². The van der Waals surface area contributed by atoms with Crippen molar-refractivity contribution in [2.24, 2.45) is 0 Å². The molecule has 0 unspecified atom stereocenters. The van der Waals surface area contributed by atoms with Crippen LogP contribution < -0.4 is 5.32 Å². The van der Waals surface area contributed by atoms with Crippen LogP contribution in [0.15, 0.2) is 58.6 Å². The van der Waals surface area contributed by atoms with Gasteiger partial charge in [-0.15, -0.1) is 0 Å². The Bertz CT molecular complexity index is 1020. The van der Waals surface area contributed by atoms with Crippen LogP contribution in [0.2, 0.25) is 0 Å². The first-order valence-corrected chi connectivity index (χ1v) is 9.65. The highest BCUT2D eigenvalue weighted by Gasteiger charge is 2.25. The number of amides is 1. The van der Waals surface area contributed by atoms with Crippen molar-refractivity contribution in [2.75, 3.05) is 5.75 Å². The molecule has 0 aliphatic rings. The summed E-state index contributed by atoms with van der Waals surface area (Å²) in [7, 11) is -3.91. The zero-order valence-corrected chi connectivity index (χ0v) is 15.3. The average molecular weight is 373 g/mol. The summed E-state index contributed by atoms with van der Waals surface area (Å²) in [6.07, 6.45) is 4.48. The van der Waals surface area contributed by atoms with Gasteiger partial charge in [-0.1, -0.05) is 12.1 Å². The number of nitrogens with one attached hydrogen (secondary N) is 1. The summed E-state index contributed by atoms with van der Waals surface area (Å²) in [6, 6.07) is 9.14. The Balaban J connectivity index is 1.81. The lowest BCUT2D eigenvalue weighted by Crippen LogP contribution is -2.30. The maximum atomic E-state index is 12.7. The molecule has 0 fully saturated rings. The number of hydrogen-bond donors (Lipinski definition) is 1. The van der Waals surface area contributed by atoms with Crippen LogP contribution in [-0.4, -0.2) is 29.6 Å². The second kappa shape index (κ2) is 7.17. The van der Waals surface area contributed by atoms with Crippen LogP contribution in [0.1, 0.15) is 16.9 Å². The van der Waals surface area contributed by atoms with E-state index in [2.05, 4.69) is 10.3 Å². The van der Waals surface area contributed by atoms with Crippen molar-refractivity contribution in [2.45, 2.75) is 25.5 Å². The molecule has 1 N–H and O–H groups in total.